The number of hydrogen-bond donors (Lipinski definition) is 1. The fourth-order valence-corrected chi connectivity index (χ4v) is 2.46. The third kappa shape index (κ3) is 2.92. The molecular formula is C14H23N5O2. The van der Waals surface area contributed by atoms with Crippen molar-refractivity contribution < 1.29 is 0 Å². The molecule has 116 valence electrons. The molecule has 0 bridgehead atoms. The van der Waals surface area contributed by atoms with Gasteiger partial charge in [-0.05, 0) is 26.8 Å². The number of rotatable bonds is 6. The lowest BCUT2D eigenvalue weighted by Gasteiger charge is -2.11. The van der Waals surface area contributed by atoms with E-state index in [0.717, 1.165) is 19.3 Å². The van der Waals surface area contributed by atoms with Crippen LogP contribution in [0.15, 0.2) is 15.9 Å². The van der Waals surface area contributed by atoms with Crippen molar-refractivity contribution in [3.05, 3.63) is 27.2 Å². The number of nitrogens with one attached hydrogen (secondary N) is 1. The number of unbranched alkanes of at least 4 members (excludes halogenated alkanes) is 1. The van der Waals surface area contributed by atoms with Gasteiger partial charge in [-0.2, -0.15) is 0 Å². The Morgan fingerprint density at radius 2 is 2.00 bits per heavy atom. The zero-order valence-electron chi connectivity index (χ0n) is 13.1. The van der Waals surface area contributed by atoms with Crippen molar-refractivity contribution in [2.24, 2.45) is 14.1 Å². The topological polar surface area (TPSA) is 73.8 Å². The summed E-state index contributed by atoms with van der Waals surface area (Å²) in [5.74, 6) is 0. The van der Waals surface area contributed by atoms with Crippen LogP contribution in [0.3, 0.4) is 0 Å². The van der Waals surface area contributed by atoms with Crippen molar-refractivity contribution in [1.82, 2.24) is 24.0 Å². The lowest BCUT2D eigenvalue weighted by molar-refractivity contribution is 0.490. The summed E-state index contributed by atoms with van der Waals surface area (Å²) < 4.78 is 4.41. The van der Waals surface area contributed by atoms with E-state index in [-0.39, 0.29) is 11.2 Å². The largest absolute Gasteiger partial charge is 0.332 e. The quantitative estimate of drug-likeness (QED) is 0.773. The van der Waals surface area contributed by atoms with Crippen LogP contribution in [0.5, 0.6) is 0 Å². The smallest absolute Gasteiger partial charge is 0.328 e. The zero-order chi connectivity index (χ0) is 15.6. The van der Waals surface area contributed by atoms with Gasteiger partial charge in [0, 0.05) is 26.7 Å². The van der Waals surface area contributed by atoms with Crippen LogP contribution in [0.4, 0.5) is 0 Å². The first-order valence-corrected chi connectivity index (χ1v) is 7.25. The van der Waals surface area contributed by atoms with Gasteiger partial charge < -0.3 is 9.88 Å². The Balaban J connectivity index is 2.26. The molecule has 2 rings (SSSR count). The van der Waals surface area contributed by atoms with Gasteiger partial charge in [-0.3, -0.25) is 13.9 Å². The highest BCUT2D eigenvalue weighted by Gasteiger charge is 2.14. The van der Waals surface area contributed by atoms with Crippen molar-refractivity contribution in [1.29, 1.82) is 0 Å². The van der Waals surface area contributed by atoms with Crippen LogP contribution in [0, 0.1) is 0 Å². The molecular weight excluding hydrogens is 270 g/mol. The van der Waals surface area contributed by atoms with E-state index in [9.17, 15) is 9.59 Å². The SMILES string of the molecule is CNC(C)CCCCn1c(=O)c2c(ncn2C)n(C)c1=O. The van der Waals surface area contributed by atoms with Gasteiger partial charge in [-0.25, -0.2) is 9.78 Å². The summed E-state index contributed by atoms with van der Waals surface area (Å²) in [6.07, 6.45) is 4.37. The molecule has 21 heavy (non-hydrogen) atoms. The molecule has 0 spiro atoms. The van der Waals surface area contributed by atoms with Crippen LogP contribution in [0.25, 0.3) is 11.2 Å². The lowest BCUT2D eigenvalue weighted by atomic mass is 10.1. The highest BCUT2D eigenvalue weighted by Crippen LogP contribution is 2.04. The van der Waals surface area contributed by atoms with Crippen LogP contribution in [-0.2, 0) is 20.6 Å². The van der Waals surface area contributed by atoms with Gasteiger partial charge in [0.2, 0.25) is 0 Å². The van der Waals surface area contributed by atoms with E-state index in [0.29, 0.717) is 23.8 Å². The van der Waals surface area contributed by atoms with Crippen LogP contribution in [-0.4, -0.2) is 31.8 Å². The third-order valence-electron chi connectivity index (χ3n) is 3.96. The predicted octanol–water partition coefficient (Wildman–Crippen LogP) is 0.212. The van der Waals surface area contributed by atoms with E-state index >= 15 is 0 Å². The van der Waals surface area contributed by atoms with Crippen molar-refractivity contribution in [3.8, 4) is 0 Å². The van der Waals surface area contributed by atoms with Gasteiger partial charge in [0.05, 0.1) is 6.33 Å². The Kier molecular flexibility index (Phi) is 4.62. The van der Waals surface area contributed by atoms with E-state index in [1.807, 2.05) is 7.05 Å². The molecule has 1 N–H and O–H groups in total. The predicted molar refractivity (Wildman–Crippen MR) is 82.6 cm³/mol. The van der Waals surface area contributed by atoms with Gasteiger partial charge in [-0.15, -0.1) is 0 Å². The van der Waals surface area contributed by atoms with Gasteiger partial charge in [0.25, 0.3) is 5.56 Å². The molecule has 7 heteroatoms. The van der Waals surface area contributed by atoms with Gasteiger partial charge in [0.1, 0.15) is 0 Å². The molecule has 0 aliphatic carbocycles. The van der Waals surface area contributed by atoms with Gasteiger partial charge >= 0.3 is 5.69 Å². The average Bonchev–Trinajstić information content (AvgIpc) is 2.86. The fourth-order valence-electron chi connectivity index (χ4n) is 2.46. The standard InChI is InChI=1S/C14H23N5O2/c1-10(15-2)7-5-6-8-19-13(20)11-12(16-9-17(11)3)18(4)14(19)21/h9-10,15H,5-8H2,1-4H3. The van der Waals surface area contributed by atoms with E-state index in [2.05, 4.69) is 17.2 Å². The summed E-state index contributed by atoms with van der Waals surface area (Å²) in [7, 11) is 5.35. The molecule has 1 unspecified atom stereocenters. The van der Waals surface area contributed by atoms with Gasteiger partial charge in [0.15, 0.2) is 11.2 Å². The summed E-state index contributed by atoms with van der Waals surface area (Å²) in [6.45, 7) is 2.57. The summed E-state index contributed by atoms with van der Waals surface area (Å²) >= 11 is 0. The highest BCUT2D eigenvalue weighted by atomic mass is 16.2. The monoisotopic (exact) mass is 293 g/mol. The molecule has 0 aromatic carbocycles. The lowest BCUT2D eigenvalue weighted by Crippen LogP contribution is -2.39. The number of nitrogens with zero attached hydrogens (tertiary/aromatic N) is 4. The maximum atomic E-state index is 12.4. The van der Waals surface area contributed by atoms with E-state index in [1.165, 1.54) is 9.13 Å². The number of aromatic nitrogens is 4. The number of imidazole rings is 1. The summed E-state index contributed by atoms with van der Waals surface area (Å²) in [5.41, 5.74) is 0.357. The van der Waals surface area contributed by atoms with Crippen molar-refractivity contribution >= 4 is 11.2 Å². The summed E-state index contributed by atoms with van der Waals surface area (Å²) in [6, 6.07) is 0.448. The van der Waals surface area contributed by atoms with Crippen molar-refractivity contribution in [2.75, 3.05) is 7.05 Å². The van der Waals surface area contributed by atoms with Crippen LogP contribution < -0.4 is 16.6 Å². The Bertz CT molecular complexity index is 740. The summed E-state index contributed by atoms with van der Waals surface area (Å²) in [5, 5.41) is 3.18. The molecule has 0 aliphatic rings. The molecule has 0 fully saturated rings. The fraction of sp³-hybridized carbons (Fsp3) is 0.643. The second-order valence-electron chi connectivity index (χ2n) is 5.51. The van der Waals surface area contributed by atoms with Crippen LogP contribution in [0.2, 0.25) is 0 Å². The Labute approximate surface area is 123 Å². The second kappa shape index (κ2) is 6.26. The van der Waals surface area contributed by atoms with E-state index < -0.39 is 0 Å². The average molecular weight is 293 g/mol. The van der Waals surface area contributed by atoms with Crippen LogP contribution in [0.1, 0.15) is 26.2 Å². The van der Waals surface area contributed by atoms with Crippen molar-refractivity contribution in [3.63, 3.8) is 0 Å². The minimum atomic E-state index is -0.298. The molecule has 7 nitrogen and oxygen atoms in total. The maximum Gasteiger partial charge on any atom is 0.332 e. The normalized spacial score (nSPS) is 13.0. The molecule has 1 atom stereocenters. The molecule has 0 amide bonds. The first kappa shape index (κ1) is 15.5. The Morgan fingerprint density at radius 1 is 1.29 bits per heavy atom. The van der Waals surface area contributed by atoms with E-state index in [1.54, 1.807) is 25.0 Å². The second-order valence-corrected chi connectivity index (χ2v) is 5.51. The molecule has 0 radical (unpaired) electrons. The molecule has 0 saturated carbocycles. The number of hydrogen-bond acceptors (Lipinski definition) is 4. The number of fused-ring (bicyclic) bond motifs is 1. The third-order valence-corrected chi connectivity index (χ3v) is 3.96. The molecule has 0 aliphatic heterocycles. The molecule has 2 heterocycles. The van der Waals surface area contributed by atoms with E-state index in [4.69, 9.17) is 0 Å². The minimum Gasteiger partial charge on any atom is -0.328 e. The Morgan fingerprint density at radius 3 is 2.67 bits per heavy atom. The zero-order valence-corrected chi connectivity index (χ0v) is 13.1. The first-order valence-electron chi connectivity index (χ1n) is 7.25. The molecule has 2 aromatic heterocycles. The number of aryl methyl sites for hydroxylation is 2. The first-order chi connectivity index (χ1) is 9.97. The van der Waals surface area contributed by atoms with Crippen molar-refractivity contribution in [2.45, 2.75) is 38.8 Å². The summed E-state index contributed by atoms with van der Waals surface area (Å²) in [4.78, 5) is 28.8. The molecule has 0 saturated heterocycles. The maximum absolute atomic E-state index is 12.4. The van der Waals surface area contributed by atoms with Gasteiger partial charge in [-0.1, -0.05) is 6.42 Å². The Hall–Kier alpha value is -1.89. The minimum absolute atomic E-state index is 0.255. The van der Waals surface area contributed by atoms with Crippen LogP contribution >= 0.6 is 0 Å². The molecule has 2 aromatic rings. The highest BCUT2D eigenvalue weighted by molar-refractivity contribution is 5.69.